The highest BCUT2D eigenvalue weighted by molar-refractivity contribution is 7.90. The van der Waals surface area contributed by atoms with Crippen molar-refractivity contribution in [3.63, 3.8) is 0 Å². The average molecular weight is 1230 g/mol. The average Bonchev–Trinajstić information content (AvgIpc) is 3.32. The zero-order chi connectivity index (χ0) is 60.9. The van der Waals surface area contributed by atoms with E-state index in [-0.39, 0.29) is 50.6 Å². The van der Waals surface area contributed by atoms with Crippen LogP contribution in [-0.2, 0) is 43.9 Å². The Kier molecular flexibility index (Phi) is 19.0. The standard InChI is InChI=1S/C61H73N13O9S3/c1-36-53(84-35-64-36)41-18-16-40(17-19-41)48(34-75)66-56(79)49-29-42(76)32-73(49)59(81)54(61(3,4)5)69-51(77)22-25-62-26-28-86(82,83)71-57(80)52-43(45-30-65-74(37(45)2)31-38-11-7-6-8-12-38)20-21-50(68-52)72-27-23-39-13-9-14-44(46(39)33-72)55(78)70-60-67-47-15-10-24-63-58(47)85-60/h9-10,13-21,24,30,35,38,42,48-49,54,62,75-76H,6-8,11-12,22-23,25-29,31-34H2,1-5H3,(H,66,79)(H,69,77)(H,71,80)(H,67,70,78)/t42-,48+,49+,54-/m1/s1. The third-order valence-corrected chi connectivity index (χ3v) is 19.4. The number of anilines is 2. The molecule has 4 atom stereocenters. The third kappa shape index (κ3) is 14.3. The molecule has 7 aromatic rings. The molecule has 5 amide bonds. The maximum atomic E-state index is 14.5. The van der Waals surface area contributed by atoms with Gasteiger partial charge in [-0.2, -0.15) is 5.10 Å². The van der Waals surface area contributed by atoms with Crippen LogP contribution in [-0.4, -0.2) is 140 Å². The largest absolute Gasteiger partial charge is 0.394 e. The first-order valence-corrected chi connectivity index (χ1v) is 32.5. The minimum Gasteiger partial charge on any atom is -0.394 e. The number of nitrogens with zero attached hydrogens (tertiary/aromatic N) is 8. The number of carbonyl (C=O) groups excluding carboxylic acids is 5. The second-order valence-electron chi connectivity index (χ2n) is 23.5. The van der Waals surface area contributed by atoms with Crippen molar-refractivity contribution in [1.82, 2.24) is 55.3 Å². The Balaban J connectivity index is 0.773. The van der Waals surface area contributed by atoms with Gasteiger partial charge in [0.15, 0.2) is 5.13 Å². The van der Waals surface area contributed by atoms with Gasteiger partial charge in [-0.15, -0.1) is 11.3 Å². The van der Waals surface area contributed by atoms with E-state index >= 15 is 0 Å². The number of aromatic nitrogens is 6. The third-order valence-electron chi connectivity index (χ3n) is 16.3. The van der Waals surface area contributed by atoms with Crippen LogP contribution < -0.4 is 30.9 Å². The van der Waals surface area contributed by atoms with Gasteiger partial charge in [0.1, 0.15) is 33.9 Å². The van der Waals surface area contributed by atoms with Crippen LogP contribution in [0.1, 0.15) is 121 Å². The first-order valence-electron chi connectivity index (χ1n) is 29.1. The van der Waals surface area contributed by atoms with Gasteiger partial charge in [-0.3, -0.25) is 34.0 Å². The Morgan fingerprint density at radius 2 is 1.67 bits per heavy atom. The van der Waals surface area contributed by atoms with Gasteiger partial charge in [0, 0.05) is 80.7 Å². The lowest BCUT2D eigenvalue weighted by atomic mass is 9.85. The molecule has 3 aliphatic rings. The summed E-state index contributed by atoms with van der Waals surface area (Å²) in [5.41, 5.74) is 8.08. The number of nitrogens with one attached hydrogen (secondary N) is 5. The number of pyridine rings is 2. The molecule has 454 valence electrons. The number of rotatable bonds is 21. The van der Waals surface area contributed by atoms with E-state index in [9.17, 15) is 42.6 Å². The summed E-state index contributed by atoms with van der Waals surface area (Å²) in [5.74, 6) is -2.57. The molecule has 7 heterocycles. The predicted octanol–water partition coefficient (Wildman–Crippen LogP) is 6.47. The molecule has 0 unspecified atom stereocenters. The van der Waals surface area contributed by atoms with E-state index in [1.807, 2.05) is 65.9 Å². The predicted molar refractivity (Wildman–Crippen MR) is 330 cm³/mol. The highest BCUT2D eigenvalue weighted by Crippen LogP contribution is 2.35. The highest BCUT2D eigenvalue weighted by Gasteiger charge is 2.45. The number of aliphatic hydroxyl groups is 2. The number of aliphatic hydroxyl groups excluding tert-OH is 2. The number of aryl methyl sites for hydroxylation is 1. The lowest BCUT2D eigenvalue weighted by molar-refractivity contribution is -0.144. The molecule has 7 N–H and O–H groups in total. The summed E-state index contributed by atoms with van der Waals surface area (Å²) >= 11 is 2.79. The van der Waals surface area contributed by atoms with E-state index in [0.29, 0.717) is 62.4 Å². The second kappa shape index (κ2) is 26.6. The topological polar surface area (TPSA) is 296 Å². The zero-order valence-corrected chi connectivity index (χ0v) is 51.3. The van der Waals surface area contributed by atoms with Gasteiger partial charge >= 0.3 is 0 Å². The van der Waals surface area contributed by atoms with Crippen LogP contribution in [0, 0.1) is 25.2 Å². The van der Waals surface area contributed by atoms with E-state index in [0.717, 1.165) is 52.3 Å². The van der Waals surface area contributed by atoms with Gasteiger partial charge in [0.05, 0.1) is 46.8 Å². The highest BCUT2D eigenvalue weighted by atomic mass is 32.2. The quantitative estimate of drug-likeness (QED) is 0.0380. The number of amides is 5. The van der Waals surface area contributed by atoms with E-state index in [4.69, 9.17) is 10.1 Å². The number of benzene rings is 2. The lowest BCUT2D eigenvalue weighted by Gasteiger charge is -2.35. The van der Waals surface area contributed by atoms with Crippen molar-refractivity contribution in [2.75, 3.05) is 48.8 Å². The molecule has 0 spiro atoms. The molecular weight excluding hydrogens is 1150 g/mol. The summed E-state index contributed by atoms with van der Waals surface area (Å²) in [7, 11) is -4.30. The molecule has 25 heteroatoms. The fourth-order valence-corrected chi connectivity index (χ4v) is 14.1. The van der Waals surface area contributed by atoms with Crippen molar-refractivity contribution in [1.29, 1.82) is 0 Å². The minimum atomic E-state index is -4.30. The Labute approximate surface area is 507 Å². The maximum Gasteiger partial charge on any atom is 0.284 e. The number of β-amino-alcohol motifs (C(OH)–C–C–N with tert-alkyl or cyclic N) is 1. The van der Waals surface area contributed by atoms with Gasteiger partial charge in [-0.1, -0.05) is 87.8 Å². The summed E-state index contributed by atoms with van der Waals surface area (Å²) in [6.45, 7) is 9.97. The van der Waals surface area contributed by atoms with Crippen molar-refractivity contribution in [3.05, 3.63) is 124 Å². The zero-order valence-electron chi connectivity index (χ0n) is 48.8. The van der Waals surface area contributed by atoms with Crippen molar-refractivity contribution < 1.29 is 42.6 Å². The Morgan fingerprint density at radius 3 is 2.41 bits per heavy atom. The number of carbonyl (C=O) groups is 5. The van der Waals surface area contributed by atoms with E-state index in [2.05, 4.69) is 40.9 Å². The molecule has 1 saturated carbocycles. The second-order valence-corrected chi connectivity index (χ2v) is 27.1. The smallest absolute Gasteiger partial charge is 0.284 e. The van der Waals surface area contributed by atoms with Crippen molar-refractivity contribution in [2.45, 2.75) is 123 Å². The number of hydrogen-bond acceptors (Lipinski definition) is 18. The summed E-state index contributed by atoms with van der Waals surface area (Å²) < 4.78 is 31.7. The van der Waals surface area contributed by atoms with Crippen LogP contribution in [0.3, 0.4) is 0 Å². The van der Waals surface area contributed by atoms with E-state index in [1.165, 1.54) is 46.8 Å². The minimum absolute atomic E-state index is 0.0147. The Hall–Kier alpha value is -7.55. The number of hydrogen-bond donors (Lipinski definition) is 7. The summed E-state index contributed by atoms with van der Waals surface area (Å²) in [6, 6.07) is 17.2. The molecular formula is C61H73N13O9S3. The molecule has 2 fully saturated rings. The van der Waals surface area contributed by atoms with Crippen LogP contribution in [0.5, 0.6) is 0 Å². The van der Waals surface area contributed by atoms with Crippen molar-refractivity contribution in [2.24, 2.45) is 11.3 Å². The van der Waals surface area contributed by atoms with Gasteiger partial charge in [0.25, 0.3) is 11.8 Å². The Bertz CT molecular complexity index is 3710. The molecule has 86 heavy (non-hydrogen) atoms. The lowest BCUT2D eigenvalue weighted by Crippen LogP contribution is -2.58. The molecule has 1 aliphatic carbocycles. The molecule has 1 saturated heterocycles. The van der Waals surface area contributed by atoms with Crippen LogP contribution in [0.25, 0.3) is 31.9 Å². The molecule has 22 nitrogen and oxygen atoms in total. The number of sulfonamides is 1. The molecule has 10 rings (SSSR count). The first-order chi connectivity index (χ1) is 41.2. The maximum absolute atomic E-state index is 14.5. The monoisotopic (exact) mass is 1230 g/mol. The van der Waals surface area contributed by atoms with E-state index in [1.54, 1.807) is 62.9 Å². The van der Waals surface area contributed by atoms with Crippen LogP contribution in [0.2, 0.25) is 0 Å². The Morgan fingerprint density at radius 1 is 0.884 bits per heavy atom. The van der Waals surface area contributed by atoms with Crippen LogP contribution >= 0.6 is 22.7 Å². The number of fused-ring (bicyclic) bond motifs is 2. The van der Waals surface area contributed by atoms with Crippen LogP contribution in [0.4, 0.5) is 10.9 Å². The molecule has 2 aromatic carbocycles. The molecule has 2 aliphatic heterocycles. The summed E-state index contributed by atoms with van der Waals surface area (Å²) in [4.78, 5) is 93.1. The van der Waals surface area contributed by atoms with Crippen molar-refractivity contribution in [3.8, 4) is 21.6 Å². The van der Waals surface area contributed by atoms with E-state index < -0.39 is 75.7 Å². The van der Waals surface area contributed by atoms with Gasteiger partial charge in [0.2, 0.25) is 27.7 Å². The molecule has 0 bridgehead atoms. The first kappa shape index (κ1) is 61.5. The van der Waals surface area contributed by atoms with Gasteiger partial charge in [-0.25, -0.2) is 33.1 Å². The molecule has 0 radical (unpaired) electrons. The summed E-state index contributed by atoms with van der Waals surface area (Å²) in [5, 5.41) is 37.9. The van der Waals surface area contributed by atoms with Gasteiger partial charge in [-0.05, 0) is 97.0 Å². The fourth-order valence-electron chi connectivity index (χ4n) is 11.6. The SMILES string of the molecule is Cc1ncsc1-c1ccc([C@H](CO)NC(=O)[C@@H]2C[C@@H](O)CN2C(=O)[C@@H](NC(=O)CCNCCS(=O)(=O)NC(=O)c2nc(N3CCc4cccc(C(=O)Nc5nc6cccnc6s5)c4C3)ccc2-c2cnn(CC3CCCCC3)c2C)C(C)(C)C)cc1. The number of likely N-dealkylation sites (tertiary alicyclic amines) is 1. The summed E-state index contributed by atoms with van der Waals surface area (Å²) in [6.07, 6.45) is 8.49. The molecule has 5 aromatic heterocycles. The number of thiazole rings is 2. The van der Waals surface area contributed by atoms with Gasteiger partial charge < -0.3 is 36.0 Å². The van der Waals surface area contributed by atoms with Crippen LogP contribution in [0.15, 0.2) is 84.6 Å². The van der Waals surface area contributed by atoms with Crippen molar-refractivity contribution >= 4 is 83.5 Å². The normalized spacial score (nSPS) is 17.2. The fraction of sp³-hybridized carbons (Fsp3) is 0.443.